The first kappa shape index (κ1) is 17.3. The summed E-state index contributed by atoms with van der Waals surface area (Å²) in [6.07, 6.45) is 0.557. The molecule has 0 amide bonds. The van der Waals surface area contributed by atoms with Crippen molar-refractivity contribution >= 4 is 37.7 Å². The molecule has 6 nitrogen and oxygen atoms in total. The van der Waals surface area contributed by atoms with Gasteiger partial charge in [0.05, 0.1) is 16.3 Å². The lowest BCUT2D eigenvalue weighted by atomic mass is 10.2. The zero-order valence-corrected chi connectivity index (χ0v) is 16.1. The molecule has 1 aromatic carbocycles. The first-order valence-electron chi connectivity index (χ1n) is 7.99. The number of rotatable bonds is 7. The quantitative estimate of drug-likeness (QED) is 0.513. The number of fused-ring (bicyclic) bond motifs is 1. The van der Waals surface area contributed by atoms with Gasteiger partial charge >= 0.3 is 0 Å². The summed E-state index contributed by atoms with van der Waals surface area (Å²) >= 11 is 3.11. The Kier molecular flexibility index (Phi) is 4.86. The van der Waals surface area contributed by atoms with Crippen LogP contribution in [0.1, 0.15) is 11.3 Å². The van der Waals surface area contributed by atoms with Gasteiger partial charge in [-0.1, -0.05) is 36.4 Å². The van der Waals surface area contributed by atoms with E-state index in [-0.39, 0.29) is 5.75 Å². The van der Waals surface area contributed by atoms with Crippen molar-refractivity contribution in [2.75, 3.05) is 6.54 Å². The molecule has 0 atom stereocenters. The van der Waals surface area contributed by atoms with Gasteiger partial charge < -0.3 is 0 Å². The SMILES string of the molecule is O=S(=O)(Cc1ccccc1)NCCc1csc2nc(-c3cccs3)nn12. The summed E-state index contributed by atoms with van der Waals surface area (Å²) in [5, 5.41) is 8.51. The molecular weight excluding hydrogens is 388 g/mol. The van der Waals surface area contributed by atoms with Gasteiger partial charge in [0.1, 0.15) is 0 Å². The largest absolute Gasteiger partial charge is 0.215 e. The second kappa shape index (κ2) is 7.28. The van der Waals surface area contributed by atoms with Crippen LogP contribution in [0.4, 0.5) is 0 Å². The summed E-state index contributed by atoms with van der Waals surface area (Å²) in [6, 6.07) is 13.1. The van der Waals surface area contributed by atoms with Gasteiger partial charge in [-0.2, -0.15) is 4.98 Å². The average Bonchev–Trinajstić information content (AvgIpc) is 3.32. The maximum atomic E-state index is 12.2. The molecule has 3 heterocycles. The molecule has 1 N–H and O–H groups in total. The van der Waals surface area contributed by atoms with E-state index in [2.05, 4.69) is 14.8 Å². The number of nitrogens with one attached hydrogen (secondary N) is 1. The van der Waals surface area contributed by atoms with E-state index in [0.29, 0.717) is 18.8 Å². The molecule has 4 aromatic rings. The monoisotopic (exact) mass is 404 g/mol. The lowest BCUT2D eigenvalue weighted by Gasteiger charge is -2.06. The van der Waals surface area contributed by atoms with Crippen LogP contribution < -0.4 is 4.72 Å². The fourth-order valence-electron chi connectivity index (χ4n) is 2.59. The fourth-order valence-corrected chi connectivity index (χ4v) is 5.24. The number of hydrogen-bond donors (Lipinski definition) is 1. The summed E-state index contributed by atoms with van der Waals surface area (Å²) < 4.78 is 28.9. The standard InChI is InChI=1S/C17H16N4O2S3/c22-26(23,12-13-5-2-1-3-6-13)18-9-8-14-11-25-17-19-16(20-21(14)17)15-7-4-10-24-15/h1-7,10-11,18H,8-9,12H2. The van der Waals surface area contributed by atoms with Crippen LogP contribution in [0.2, 0.25) is 0 Å². The van der Waals surface area contributed by atoms with E-state index < -0.39 is 10.0 Å². The molecule has 0 aliphatic heterocycles. The fraction of sp³-hybridized carbons (Fsp3) is 0.176. The Hall–Kier alpha value is -2.07. The summed E-state index contributed by atoms with van der Waals surface area (Å²) in [7, 11) is -3.36. The topological polar surface area (TPSA) is 76.4 Å². The van der Waals surface area contributed by atoms with Crippen molar-refractivity contribution in [1.82, 2.24) is 19.3 Å². The van der Waals surface area contributed by atoms with Gasteiger partial charge in [0.15, 0.2) is 5.82 Å². The highest BCUT2D eigenvalue weighted by Crippen LogP contribution is 2.24. The molecule has 0 aliphatic rings. The number of hydrogen-bond acceptors (Lipinski definition) is 6. The number of benzene rings is 1. The minimum Gasteiger partial charge on any atom is -0.215 e. The van der Waals surface area contributed by atoms with E-state index in [9.17, 15) is 8.42 Å². The van der Waals surface area contributed by atoms with Gasteiger partial charge in [-0.3, -0.25) is 0 Å². The summed E-state index contributed by atoms with van der Waals surface area (Å²) in [5.74, 6) is 0.691. The molecule has 0 fully saturated rings. The summed E-state index contributed by atoms with van der Waals surface area (Å²) in [5.41, 5.74) is 1.72. The van der Waals surface area contributed by atoms with Crippen LogP contribution in [0.5, 0.6) is 0 Å². The molecule has 3 aromatic heterocycles. The van der Waals surface area contributed by atoms with Crippen LogP contribution in [-0.2, 0) is 22.2 Å². The Labute approximate surface area is 159 Å². The first-order chi connectivity index (χ1) is 12.6. The maximum Gasteiger partial charge on any atom is 0.215 e. The molecule has 0 bridgehead atoms. The van der Waals surface area contributed by atoms with Crippen LogP contribution in [0, 0.1) is 0 Å². The minimum absolute atomic E-state index is 0.0151. The molecule has 0 unspecified atom stereocenters. The van der Waals surface area contributed by atoms with Crippen molar-refractivity contribution < 1.29 is 8.42 Å². The van der Waals surface area contributed by atoms with E-state index in [0.717, 1.165) is 21.1 Å². The number of aromatic nitrogens is 3. The van der Waals surface area contributed by atoms with Gasteiger partial charge in [0.2, 0.25) is 15.0 Å². The smallest absolute Gasteiger partial charge is 0.215 e. The Morgan fingerprint density at radius 3 is 2.69 bits per heavy atom. The second-order valence-electron chi connectivity index (χ2n) is 5.72. The third-order valence-electron chi connectivity index (χ3n) is 3.79. The lowest BCUT2D eigenvalue weighted by Crippen LogP contribution is -2.27. The van der Waals surface area contributed by atoms with Crippen molar-refractivity contribution in [1.29, 1.82) is 0 Å². The van der Waals surface area contributed by atoms with Crippen molar-refractivity contribution in [3.63, 3.8) is 0 Å². The summed E-state index contributed by atoms with van der Waals surface area (Å²) in [4.78, 5) is 6.37. The first-order valence-corrected chi connectivity index (χ1v) is 11.4. The van der Waals surface area contributed by atoms with Crippen LogP contribution >= 0.6 is 22.7 Å². The van der Waals surface area contributed by atoms with Crippen molar-refractivity contribution in [2.45, 2.75) is 12.2 Å². The number of thiazole rings is 1. The molecule has 134 valence electrons. The van der Waals surface area contributed by atoms with Crippen molar-refractivity contribution in [3.8, 4) is 10.7 Å². The van der Waals surface area contributed by atoms with Crippen LogP contribution in [0.3, 0.4) is 0 Å². The number of nitrogens with zero attached hydrogens (tertiary/aromatic N) is 3. The third kappa shape index (κ3) is 3.85. The van der Waals surface area contributed by atoms with Crippen LogP contribution in [-0.4, -0.2) is 29.6 Å². The Bertz CT molecular complexity index is 1100. The lowest BCUT2D eigenvalue weighted by molar-refractivity contribution is 0.580. The number of sulfonamides is 1. The third-order valence-corrected chi connectivity index (χ3v) is 6.88. The van der Waals surface area contributed by atoms with Gasteiger partial charge in [0, 0.05) is 18.3 Å². The highest BCUT2D eigenvalue weighted by Gasteiger charge is 2.14. The molecular formula is C17H16N4O2S3. The normalized spacial score (nSPS) is 12.0. The Balaban J connectivity index is 1.42. The zero-order valence-electron chi connectivity index (χ0n) is 13.7. The van der Waals surface area contributed by atoms with E-state index in [1.165, 1.54) is 11.3 Å². The molecule has 4 rings (SSSR count). The van der Waals surface area contributed by atoms with Gasteiger partial charge in [-0.15, -0.1) is 27.8 Å². The molecule has 0 radical (unpaired) electrons. The predicted octanol–water partition coefficient (Wildman–Crippen LogP) is 3.18. The molecule has 0 aliphatic carbocycles. The van der Waals surface area contributed by atoms with Crippen molar-refractivity contribution in [2.24, 2.45) is 0 Å². The maximum absolute atomic E-state index is 12.2. The van der Waals surface area contributed by atoms with Crippen LogP contribution in [0.15, 0.2) is 53.2 Å². The average molecular weight is 405 g/mol. The molecule has 0 saturated carbocycles. The Morgan fingerprint density at radius 2 is 1.92 bits per heavy atom. The predicted molar refractivity (Wildman–Crippen MR) is 105 cm³/mol. The van der Waals surface area contributed by atoms with E-state index in [1.54, 1.807) is 15.9 Å². The Morgan fingerprint density at radius 1 is 1.08 bits per heavy atom. The van der Waals surface area contributed by atoms with Gasteiger partial charge in [0.25, 0.3) is 0 Å². The minimum atomic E-state index is -3.36. The van der Waals surface area contributed by atoms with Gasteiger partial charge in [-0.05, 0) is 17.0 Å². The van der Waals surface area contributed by atoms with E-state index in [1.807, 2.05) is 53.2 Å². The molecule has 0 saturated heterocycles. The van der Waals surface area contributed by atoms with Crippen molar-refractivity contribution in [3.05, 3.63) is 64.5 Å². The molecule has 9 heteroatoms. The van der Waals surface area contributed by atoms with E-state index in [4.69, 9.17) is 0 Å². The highest BCUT2D eigenvalue weighted by molar-refractivity contribution is 7.88. The molecule has 26 heavy (non-hydrogen) atoms. The zero-order chi connectivity index (χ0) is 18.0. The van der Waals surface area contributed by atoms with Gasteiger partial charge in [-0.25, -0.2) is 17.7 Å². The van der Waals surface area contributed by atoms with Crippen LogP contribution in [0.25, 0.3) is 15.7 Å². The second-order valence-corrected chi connectivity index (χ2v) is 9.31. The summed E-state index contributed by atoms with van der Waals surface area (Å²) in [6.45, 7) is 0.329. The van der Waals surface area contributed by atoms with E-state index >= 15 is 0 Å². The molecule has 0 spiro atoms. The highest BCUT2D eigenvalue weighted by atomic mass is 32.2. The number of thiophene rings is 1.